The molecular weight excluding hydrogens is 252 g/mol. The molecular formula is C16H22N2O2. The number of rotatable bonds is 7. The second-order valence-corrected chi connectivity index (χ2v) is 5.07. The molecule has 0 radical (unpaired) electrons. The number of nitrogens with one attached hydrogen (secondary N) is 1. The lowest BCUT2D eigenvalue weighted by molar-refractivity contribution is 0.0601. The second-order valence-electron chi connectivity index (χ2n) is 5.07. The van der Waals surface area contributed by atoms with Gasteiger partial charge in [-0.3, -0.25) is 0 Å². The molecule has 20 heavy (non-hydrogen) atoms. The molecule has 1 aromatic heterocycles. The van der Waals surface area contributed by atoms with E-state index in [0.717, 1.165) is 29.7 Å². The minimum Gasteiger partial charge on any atom is -0.465 e. The van der Waals surface area contributed by atoms with E-state index in [2.05, 4.69) is 16.9 Å². The summed E-state index contributed by atoms with van der Waals surface area (Å²) in [5.41, 5.74) is 2.36. The van der Waals surface area contributed by atoms with E-state index in [1.54, 1.807) is 12.1 Å². The van der Waals surface area contributed by atoms with Crippen LogP contribution in [0.4, 0.5) is 0 Å². The average molecular weight is 274 g/mol. The lowest BCUT2D eigenvalue weighted by atomic mass is 10.1. The van der Waals surface area contributed by atoms with Gasteiger partial charge >= 0.3 is 5.97 Å². The molecule has 0 spiro atoms. The van der Waals surface area contributed by atoms with Gasteiger partial charge in [-0.15, -0.1) is 0 Å². The zero-order valence-corrected chi connectivity index (χ0v) is 12.2. The van der Waals surface area contributed by atoms with Crippen molar-refractivity contribution < 1.29 is 9.53 Å². The number of unbranched alkanes of at least 4 members (excludes halogenated alkanes) is 4. The Labute approximate surface area is 119 Å². The number of hydrogen-bond donors (Lipinski definition) is 1. The predicted molar refractivity (Wildman–Crippen MR) is 79.9 cm³/mol. The van der Waals surface area contributed by atoms with E-state index in [0.29, 0.717) is 5.56 Å². The van der Waals surface area contributed by atoms with Crippen LogP contribution < -0.4 is 0 Å². The van der Waals surface area contributed by atoms with Gasteiger partial charge in [-0.05, 0) is 24.6 Å². The molecule has 2 aromatic rings. The van der Waals surface area contributed by atoms with Gasteiger partial charge < -0.3 is 9.72 Å². The van der Waals surface area contributed by atoms with Crippen LogP contribution in [0.25, 0.3) is 11.0 Å². The predicted octanol–water partition coefficient (Wildman–Crippen LogP) is 3.86. The van der Waals surface area contributed by atoms with Gasteiger partial charge in [0.1, 0.15) is 5.82 Å². The van der Waals surface area contributed by atoms with Crippen LogP contribution in [0.3, 0.4) is 0 Å². The molecule has 4 nitrogen and oxygen atoms in total. The molecule has 0 fully saturated rings. The zero-order valence-electron chi connectivity index (χ0n) is 12.2. The topological polar surface area (TPSA) is 55.0 Å². The number of H-pyrrole nitrogens is 1. The highest BCUT2D eigenvalue weighted by Crippen LogP contribution is 2.16. The summed E-state index contributed by atoms with van der Waals surface area (Å²) in [6.45, 7) is 2.22. The number of carbonyl (C=O) groups excluding carboxylic acids is 1. The smallest absolute Gasteiger partial charge is 0.337 e. The van der Waals surface area contributed by atoms with Gasteiger partial charge in [0.2, 0.25) is 0 Å². The van der Waals surface area contributed by atoms with Crippen molar-refractivity contribution in [3.8, 4) is 0 Å². The summed E-state index contributed by atoms with van der Waals surface area (Å²) in [5.74, 6) is 0.682. The summed E-state index contributed by atoms with van der Waals surface area (Å²) in [6, 6.07) is 5.41. The lowest BCUT2D eigenvalue weighted by Gasteiger charge is -1.98. The van der Waals surface area contributed by atoms with Crippen LogP contribution in [-0.4, -0.2) is 23.0 Å². The number of benzene rings is 1. The van der Waals surface area contributed by atoms with Crippen LogP contribution in [-0.2, 0) is 11.2 Å². The van der Waals surface area contributed by atoms with Crippen LogP contribution in [0.5, 0.6) is 0 Å². The van der Waals surface area contributed by atoms with Crippen LogP contribution >= 0.6 is 0 Å². The summed E-state index contributed by atoms with van der Waals surface area (Å²) in [4.78, 5) is 19.3. The standard InChI is InChI=1S/C16H22N2O2/c1-3-4-5-6-7-8-15-17-13-10-9-12(16(19)20-2)11-14(13)18-15/h9-11H,3-8H2,1-2H3,(H,17,18). The Kier molecular flexibility index (Phi) is 5.16. The Morgan fingerprint density at radius 3 is 2.80 bits per heavy atom. The number of ether oxygens (including phenoxy) is 1. The molecule has 0 atom stereocenters. The Bertz CT molecular complexity index is 575. The van der Waals surface area contributed by atoms with E-state index in [9.17, 15) is 4.79 Å². The molecule has 1 heterocycles. The average Bonchev–Trinajstić information content (AvgIpc) is 2.87. The van der Waals surface area contributed by atoms with Crippen molar-refractivity contribution >= 4 is 17.0 Å². The fourth-order valence-electron chi connectivity index (χ4n) is 2.32. The monoisotopic (exact) mass is 274 g/mol. The highest BCUT2D eigenvalue weighted by molar-refractivity contribution is 5.93. The van der Waals surface area contributed by atoms with Gasteiger partial charge in [-0.2, -0.15) is 0 Å². The third kappa shape index (κ3) is 3.59. The van der Waals surface area contributed by atoms with E-state index in [1.807, 2.05) is 6.07 Å². The van der Waals surface area contributed by atoms with Gasteiger partial charge in [0.05, 0.1) is 23.7 Å². The van der Waals surface area contributed by atoms with Crippen molar-refractivity contribution in [2.45, 2.75) is 45.4 Å². The zero-order chi connectivity index (χ0) is 14.4. The van der Waals surface area contributed by atoms with Crippen LogP contribution in [0.15, 0.2) is 18.2 Å². The third-order valence-corrected chi connectivity index (χ3v) is 3.47. The summed E-state index contributed by atoms with van der Waals surface area (Å²) in [6.07, 6.45) is 7.24. The minimum atomic E-state index is -0.317. The van der Waals surface area contributed by atoms with Gasteiger partial charge in [0.15, 0.2) is 0 Å². The fourth-order valence-corrected chi connectivity index (χ4v) is 2.32. The van der Waals surface area contributed by atoms with Gasteiger partial charge in [0.25, 0.3) is 0 Å². The number of methoxy groups -OCH3 is 1. The first-order chi connectivity index (χ1) is 9.74. The number of imidazole rings is 1. The summed E-state index contributed by atoms with van der Waals surface area (Å²) >= 11 is 0. The van der Waals surface area contributed by atoms with Crippen molar-refractivity contribution in [2.24, 2.45) is 0 Å². The number of aryl methyl sites for hydroxylation is 1. The molecule has 2 rings (SSSR count). The van der Waals surface area contributed by atoms with Crippen LogP contribution in [0.2, 0.25) is 0 Å². The fraction of sp³-hybridized carbons (Fsp3) is 0.500. The number of carbonyl (C=O) groups is 1. The van der Waals surface area contributed by atoms with Crippen molar-refractivity contribution in [3.05, 3.63) is 29.6 Å². The third-order valence-electron chi connectivity index (χ3n) is 3.47. The Balaban J connectivity index is 2.00. The maximum absolute atomic E-state index is 11.5. The molecule has 1 N–H and O–H groups in total. The number of esters is 1. The largest absolute Gasteiger partial charge is 0.465 e. The van der Waals surface area contributed by atoms with Gasteiger partial charge in [-0.1, -0.05) is 32.6 Å². The van der Waals surface area contributed by atoms with E-state index >= 15 is 0 Å². The van der Waals surface area contributed by atoms with Crippen molar-refractivity contribution in [2.75, 3.05) is 7.11 Å². The quantitative estimate of drug-likeness (QED) is 0.616. The van der Waals surface area contributed by atoms with Crippen molar-refractivity contribution in [1.29, 1.82) is 0 Å². The number of aromatic nitrogens is 2. The van der Waals surface area contributed by atoms with E-state index in [4.69, 9.17) is 4.74 Å². The van der Waals surface area contributed by atoms with Crippen molar-refractivity contribution in [3.63, 3.8) is 0 Å². The number of aromatic amines is 1. The van der Waals surface area contributed by atoms with Crippen LogP contribution in [0, 0.1) is 0 Å². The maximum Gasteiger partial charge on any atom is 0.337 e. The highest BCUT2D eigenvalue weighted by atomic mass is 16.5. The highest BCUT2D eigenvalue weighted by Gasteiger charge is 2.08. The number of fused-ring (bicyclic) bond motifs is 1. The van der Waals surface area contributed by atoms with Crippen molar-refractivity contribution in [1.82, 2.24) is 9.97 Å². The second kappa shape index (κ2) is 7.08. The summed E-state index contributed by atoms with van der Waals surface area (Å²) < 4.78 is 4.72. The molecule has 0 amide bonds. The Hall–Kier alpha value is -1.84. The van der Waals surface area contributed by atoms with E-state index in [-0.39, 0.29) is 5.97 Å². The molecule has 0 unspecified atom stereocenters. The van der Waals surface area contributed by atoms with Gasteiger partial charge in [-0.25, -0.2) is 9.78 Å². The summed E-state index contributed by atoms with van der Waals surface area (Å²) in [7, 11) is 1.39. The Morgan fingerprint density at radius 1 is 1.25 bits per heavy atom. The van der Waals surface area contributed by atoms with Crippen LogP contribution in [0.1, 0.15) is 55.2 Å². The van der Waals surface area contributed by atoms with Gasteiger partial charge in [0, 0.05) is 6.42 Å². The van der Waals surface area contributed by atoms with E-state index < -0.39 is 0 Å². The maximum atomic E-state index is 11.5. The first-order valence-electron chi connectivity index (χ1n) is 7.31. The molecule has 0 aliphatic carbocycles. The molecule has 108 valence electrons. The number of hydrogen-bond acceptors (Lipinski definition) is 3. The Morgan fingerprint density at radius 2 is 2.05 bits per heavy atom. The van der Waals surface area contributed by atoms with E-state index in [1.165, 1.54) is 32.8 Å². The molecule has 0 saturated heterocycles. The first kappa shape index (κ1) is 14.6. The summed E-state index contributed by atoms with van der Waals surface area (Å²) in [5, 5.41) is 0. The molecule has 0 aliphatic heterocycles. The molecule has 4 heteroatoms. The normalized spacial score (nSPS) is 10.9. The SMILES string of the molecule is CCCCCCCc1nc2ccc(C(=O)OC)cc2[nH]1. The number of nitrogens with zero attached hydrogens (tertiary/aromatic N) is 1. The molecule has 0 aliphatic rings. The lowest BCUT2D eigenvalue weighted by Crippen LogP contribution is -2.00. The minimum absolute atomic E-state index is 0.317. The molecule has 0 bridgehead atoms. The first-order valence-corrected chi connectivity index (χ1v) is 7.31. The molecule has 0 saturated carbocycles. The molecule has 1 aromatic carbocycles.